The van der Waals surface area contributed by atoms with E-state index >= 15 is 0 Å². The van der Waals surface area contributed by atoms with E-state index in [2.05, 4.69) is 25.5 Å². The third-order valence-corrected chi connectivity index (χ3v) is 4.31. The molecule has 2 N–H and O–H groups in total. The molecule has 0 fully saturated rings. The molecule has 7 heteroatoms. The van der Waals surface area contributed by atoms with Gasteiger partial charge in [-0.3, -0.25) is 14.9 Å². The number of aromatic amines is 1. The molecule has 26 heavy (non-hydrogen) atoms. The summed E-state index contributed by atoms with van der Waals surface area (Å²) in [5.74, 6) is 0.559. The fourth-order valence-electron chi connectivity index (χ4n) is 2.97. The summed E-state index contributed by atoms with van der Waals surface area (Å²) in [6, 6.07) is 14.9. The Balaban J connectivity index is 1.54. The lowest BCUT2D eigenvalue weighted by atomic mass is 10.2. The highest BCUT2D eigenvalue weighted by atomic mass is 16.2. The number of carbonyl (C=O) groups is 1. The summed E-state index contributed by atoms with van der Waals surface area (Å²) in [6.07, 6.45) is 1.69. The topological polar surface area (TPSA) is 88.5 Å². The second-order valence-electron chi connectivity index (χ2n) is 6.09. The summed E-state index contributed by atoms with van der Waals surface area (Å²) in [5, 5.41) is 9.91. The van der Waals surface area contributed by atoms with Crippen LogP contribution in [0.25, 0.3) is 22.4 Å². The molecule has 4 rings (SSSR count). The number of pyridine rings is 1. The Morgan fingerprint density at radius 3 is 2.73 bits per heavy atom. The van der Waals surface area contributed by atoms with Crippen molar-refractivity contribution in [1.29, 1.82) is 0 Å². The molecule has 1 atom stereocenters. The molecule has 0 saturated carbocycles. The van der Waals surface area contributed by atoms with E-state index in [0.29, 0.717) is 17.1 Å². The van der Waals surface area contributed by atoms with Crippen molar-refractivity contribution in [1.82, 2.24) is 30.0 Å². The zero-order chi connectivity index (χ0) is 18.1. The van der Waals surface area contributed by atoms with Crippen molar-refractivity contribution in [2.24, 2.45) is 7.05 Å². The van der Waals surface area contributed by atoms with Crippen LogP contribution in [0.4, 0.5) is 0 Å². The van der Waals surface area contributed by atoms with Crippen LogP contribution in [0.1, 0.15) is 29.3 Å². The van der Waals surface area contributed by atoms with E-state index in [1.807, 2.05) is 61.0 Å². The first-order valence-corrected chi connectivity index (χ1v) is 8.32. The molecule has 0 radical (unpaired) electrons. The molecule has 3 heterocycles. The average molecular weight is 346 g/mol. The number of nitrogens with one attached hydrogen (secondary N) is 2. The Morgan fingerprint density at radius 2 is 1.96 bits per heavy atom. The fraction of sp³-hybridized carbons (Fsp3) is 0.158. The summed E-state index contributed by atoms with van der Waals surface area (Å²) in [5.41, 5.74) is 3.67. The zero-order valence-corrected chi connectivity index (χ0v) is 14.5. The lowest BCUT2D eigenvalue weighted by Gasteiger charge is -2.13. The Morgan fingerprint density at radius 1 is 1.15 bits per heavy atom. The Labute approximate surface area is 150 Å². The summed E-state index contributed by atoms with van der Waals surface area (Å²) in [4.78, 5) is 21.4. The van der Waals surface area contributed by atoms with Crippen LogP contribution in [0, 0.1) is 0 Å². The Bertz CT molecular complexity index is 1070. The number of hydrogen-bond acceptors (Lipinski definition) is 4. The van der Waals surface area contributed by atoms with Gasteiger partial charge in [0.25, 0.3) is 5.91 Å². The molecule has 0 aliphatic heterocycles. The first-order chi connectivity index (χ1) is 12.6. The third-order valence-electron chi connectivity index (χ3n) is 4.31. The molecule has 0 bridgehead atoms. The molecule has 0 aliphatic rings. The number of rotatable bonds is 4. The molecule has 1 amide bonds. The lowest BCUT2D eigenvalue weighted by Crippen LogP contribution is -2.28. The minimum Gasteiger partial charge on any atom is -0.341 e. The number of nitrogens with zero attached hydrogens (tertiary/aromatic N) is 4. The zero-order valence-electron chi connectivity index (χ0n) is 14.5. The molecule has 0 unspecified atom stereocenters. The van der Waals surface area contributed by atoms with Crippen LogP contribution < -0.4 is 5.32 Å². The van der Waals surface area contributed by atoms with Crippen molar-refractivity contribution < 1.29 is 4.79 Å². The molecule has 7 nitrogen and oxygen atoms in total. The van der Waals surface area contributed by atoms with Gasteiger partial charge in [-0.05, 0) is 37.3 Å². The maximum absolute atomic E-state index is 12.6. The summed E-state index contributed by atoms with van der Waals surface area (Å²) in [6.45, 7) is 1.91. The number of para-hydroxylation sites is 2. The van der Waals surface area contributed by atoms with Gasteiger partial charge in [-0.25, -0.2) is 4.98 Å². The van der Waals surface area contributed by atoms with Crippen LogP contribution in [0.3, 0.4) is 0 Å². The van der Waals surface area contributed by atoms with Gasteiger partial charge in [0, 0.05) is 13.2 Å². The van der Waals surface area contributed by atoms with E-state index in [9.17, 15) is 4.79 Å². The number of aromatic nitrogens is 5. The van der Waals surface area contributed by atoms with Gasteiger partial charge < -0.3 is 9.88 Å². The van der Waals surface area contributed by atoms with Gasteiger partial charge in [-0.1, -0.05) is 18.2 Å². The van der Waals surface area contributed by atoms with Crippen LogP contribution in [0.2, 0.25) is 0 Å². The van der Waals surface area contributed by atoms with Crippen LogP contribution in [0.5, 0.6) is 0 Å². The highest BCUT2D eigenvalue weighted by Crippen LogP contribution is 2.20. The molecule has 1 aromatic carbocycles. The van der Waals surface area contributed by atoms with E-state index in [0.717, 1.165) is 16.9 Å². The molecule has 3 aromatic heterocycles. The van der Waals surface area contributed by atoms with Crippen LogP contribution in [-0.4, -0.2) is 30.6 Å². The van der Waals surface area contributed by atoms with E-state index in [1.165, 1.54) is 0 Å². The number of imidazole rings is 1. The fourth-order valence-corrected chi connectivity index (χ4v) is 2.97. The van der Waals surface area contributed by atoms with Crippen molar-refractivity contribution >= 4 is 16.9 Å². The number of benzene rings is 1. The normalized spacial score (nSPS) is 12.2. The molecular formula is C19H18N6O. The Kier molecular flexibility index (Phi) is 3.96. The molecular weight excluding hydrogens is 328 g/mol. The van der Waals surface area contributed by atoms with Gasteiger partial charge in [0.15, 0.2) is 0 Å². The predicted molar refractivity (Wildman–Crippen MR) is 98.4 cm³/mol. The molecule has 0 spiro atoms. The lowest BCUT2D eigenvalue weighted by molar-refractivity contribution is 0.0933. The maximum atomic E-state index is 12.6. The van der Waals surface area contributed by atoms with E-state index in [-0.39, 0.29) is 11.9 Å². The van der Waals surface area contributed by atoms with Gasteiger partial charge in [0.1, 0.15) is 17.2 Å². The third kappa shape index (κ3) is 2.83. The summed E-state index contributed by atoms with van der Waals surface area (Å²) >= 11 is 0. The van der Waals surface area contributed by atoms with E-state index in [4.69, 9.17) is 0 Å². The van der Waals surface area contributed by atoms with Crippen LogP contribution in [-0.2, 0) is 7.05 Å². The van der Waals surface area contributed by atoms with Gasteiger partial charge in [-0.15, -0.1) is 0 Å². The highest BCUT2D eigenvalue weighted by molar-refractivity contribution is 5.93. The van der Waals surface area contributed by atoms with Crippen molar-refractivity contribution in [3.05, 3.63) is 66.2 Å². The Hall–Kier alpha value is -3.48. The summed E-state index contributed by atoms with van der Waals surface area (Å²) < 4.78 is 1.99. The van der Waals surface area contributed by atoms with Crippen molar-refractivity contribution in [3.8, 4) is 11.4 Å². The van der Waals surface area contributed by atoms with Crippen molar-refractivity contribution in [2.75, 3.05) is 0 Å². The van der Waals surface area contributed by atoms with Crippen molar-refractivity contribution in [3.63, 3.8) is 0 Å². The second kappa shape index (κ2) is 6.44. The highest BCUT2D eigenvalue weighted by Gasteiger charge is 2.19. The quantitative estimate of drug-likeness (QED) is 0.595. The number of carbonyl (C=O) groups excluding carboxylic acids is 1. The number of aryl methyl sites for hydroxylation is 1. The van der Waals surface area contributed by atoms with E-state index < -0.39 is 0 Å². The molecule has 4 aromatic rings. The standard InChI is InChI=1S/C19H18N6O/c1-12(18-22-14-8-3-4-9-17(14)25(18)2)21-19(26)16-11-15(23-24-16)13-7-5-6-10-20-13/h3-12H,1-2H3,(H,21,26)(H,23,24)/t12-/m0/s1. The van der Waals surface area contributed by atoms with Crippen LogP contribution in [0.15, 0.2) is 54.7 Å². The van der Waals surface area contributed by atoms with Crippen LogP contribution >= 0.6 is 0 Å². The van der Waals surface area contributed by atoms with Gasteiger partial charge >= 0.3 is 0 Å². The number of amides is 1. The van der Waals surface area contributed by atoms with E-state index in [1.54, 1.807) is 12.3 Å². The largest absolute Gasteiger partial charge is 0.341 e. The smallest absolute Gasteiger partial charge is 0.269 e. The monoisotopic (exact) mass is 346 g/mol. The SMILES string of the molecule is C[C@H](NC(=O)c1cc(-c2ccccn2)n[nH]1)c1nc2ccccc2n1C. The minimum atomic E-state index is -0.249. The maximum Gasteiger partial charge on any atom is 0.269 e. The number of fused-ring (bicyclic) bond motifs is 1. The predicted octanol–water partition coefficient (Wildman–Crippen LogP) is 2.85. The minimum absolute atomic E-state index is 0.237. The van der Waals surface area contributed by atoms with Gasteiger partial charge in [0.2, 0.25) is 0 Å². The van der Waals surface area contributed by atoms with Gasteiger partial charge in [-0.2, -0.15) is 5.10 Å². The average Bonchev–Trinajstić information content (AvgIpc) is 3.28. The first kappa shape index (κ1) is 16.0. The second-order valence-corrected chi connectivity index (χ2v) is 6.09. The molecule has 130 valence electrons. The van der Waals surface area contributed by atoms with Gasteiger partial charge in [0.05, 0.1) is 22.8 Å². The molecule has 0 saturated heterocycles. The number of H-pyrrole nitrogens is 1. The van der Waals surface area contributed by atoms with Crippen molar-refractivity contribution in [2.45, 2.75) is 13.0 Å². The summed E-state index contributed by atoms with van der Waals surface area (Å²) in [7, 11) is 1.95. The number of hydrogen-bond donors (Lipinski definition) is 2. The molecule has 0 aliphatic carbocycles. The first-order valence-electron chi connectivity index (χ1n) is 8.32.